The van der Waals surface area contributed by atoms with Crippen LogP contribution in [-0.4, -0.2) is 10.9 Å². The van der Waals surface area contributed by atoms with E-state index in [1.54, 1.807) is 12.4 Å². The summed E-state index contributed by atoms with van der Waals surface area (Å²) in [5.41, 5.74) is 3.25. The molecule has 0 saturated heterocycles. The third kappa shape index (κ3) is 4.20. The number of aromatic nitrogens is 1. The number of benzene rings is 2. The van der Waals surface area contributed by atoms with Crippen LogP contribution in [0.2, 0.25) is 0 Å². The fourth-order valence-electron chi connectivity index (χ4n) is 2.30. The van der Waals surface area contributed by atoms with Crippen molar-refractivity contribution in [2.45, 2.75) is 6.54 Å². The van der Waals surface area contributed by atoms with E-state index >= 15 is 0 Å². The Labute approximate surface area is 149 Å². The van der Waals surface area contributed by atoms with Gasteiger partial charge in [0.25, 0.3) is 5.91 Å². The molecular formula is C19H16BrN3O. The van der Waals surface area contributed by atoms with Gasteiger partial charge in [-0.2, -0.15) is 0 Å². The van der Waals surface area contributed by atoms with E-state index in [4.69, 9.17) is 0 Å². The molecule has 3 rings (SSSR count). The first kappa shape index (κ1) is 16.2. The summed E-state index contributed by atoms with van der Waals surface area (Å²) in [6.07, 6.45) is 3.51. The van der Waals surface area contributed by atoms with Gasteiger partial charge < -0.3 is 10.6 Å². The summed E-state index contributed by atoms with van der Waals surface area (Å²) >= 11 is 3.40. The minimum absolute atomic E-state index is 0.147. The van der Waals surface area contributed by atoms with Gasteiger partial charge in [0.2, 0.25) is 0 Å². The lowest BCUT2D eigenvalue weighted by Gasteiger charge is -2.12. The van der Waals surface area contributed by atoms with Crippen molar-refractivity contribution in [3.63, 3.8) is 0 Å². The molecule has 24 heavy (non-hydrogen) atoms. The molecule has 0 saturated carbocycles. The molecule has 1 amide bonds. The van der Waals surface area contributed by atoms with Crippen LogP contribution in [0.4, 0.5) is 11.4 Å². The average Bonchev–Trinajstić information content (AvgIpc) is 2.61. The number of carbonyl (C=O) groups is 1. The number of amides is 1. The molecule has 0 atom stereocenters. The lowest BCUT2D eigenvalue weighted by Crippen LogP contribution is -2.14. The number of anilines is 2. The highest BCUT2D eigenvalue weighted by Crippen LogP contribution is 2.20. The molecule has 0 radical (unpaired) electrons. The molecule has 0 aliphatic carbocycles. The summed E-state index contributed by atoms with van der Waals surface area (Å²) < 4.78 is 0.921. The average molecular weight is 382 g/mol. The smallest absolute Gasteiger partial charge is 0.257 e. The second-order valence-corrected chi connectivity index (χ2v) is 6.13. The van der Waals surface area contributed by atoms with Gasteiger partial charge in [-0.05, 0) is 48.0 Å². The van der Waals surface area contributed by atoms with Crippen molar-refractivity contribution in [2.24, 2.45) is 0 Å². The summed E-state index contributed by atoms with van der Waals surface area (Å²) in [5.74, 6) is -0.147. The zero-order chi connectivity index (χ0) is 16.8. The maximum absolute atomic E-state index is 12.6. The monoisotopic (exact) mass is 381 g/mol. The van der Waals surface area contributed by atoms with Gasteiger partial charge in [-0.1, -0.05) is 34.1 Å². The van der Waals surface area contributed by atoms with Crippen LogP contribution in [0.15, 0.2) is 77.5 Å². The Kier molecular flexibility index (Phi) is 5.23. The molecule has 120 valence electrons. The Morgan fingerprint density at radius 2 is 1.79 bits per heavy atom. The first-order chi connectivity index (χ1) is 11.7. The Hall–Kier alpha value is -2.66. The predicted octanol–water partition coefficient (Wildman–Crippen LogP) is 4.71. The van der Waals surface area contributed by atoms with E-state index < -0.39 is 0 Å². The van der Waals surface area contributed by atoms with E-state index in [0.717, 1.165) is 21.4 Å². The van der Waals surface area contributed by atoms with Crippen LogP contribution in [0.3, 0.4) is 0 Å². The second kappa shape index (κ2) is 7.75. The molecule has 5 heteroatoms. The number of hydrogen-bond donors (Lipinski definition) is 2. The minimum Gasteiger partial charge on any atom is -0.380 e. The summed E-state index contributed by atoms with van der Waals surface area (Å²) in [5, 5.41) is 6.23. The van der Waals surface area contributed by atoms with Gasteiger partial charge in [-0.15, -0.1) is 0 Å². The number of halogens is 1. The van der Waals surface area contributed by atoms with Gasteiger partial charge in [-0.3, -0.25) is 9.78 Å². The predicted molar refractivity (Wildman–Crippen MR) is 100 cm³/mol. The van der Waals surface area contributed by atoms with Crippen molar-refractivity contribution >= 4 is 33.2 Å². The van der Waals surface area contributed by atoms with Crippen molar-refractivity contribution < 1.29 is 4.79 Å². The first-order valence-corrected chi connectivity index (χ1v) is 8.30. The quantitative estimate of drug-likeness (QED) is 0.672. The Morgan fingerprint density at radius 3 is 2.58 bits per heavy atom. The number of hydrogen-bond acceptors (Lipinski definition) is 3. The summed E-state index contributed by atoms with van der Waals surface area (Å²) in [6.45, 7) is 0.629. The van der Waals surface area contributed by atoms with E-state index in [-0.39, 0.29) is 5.91 Å². The molecule has 2 aromatic carbocycles. The molecule has 0 aliphatic rings. The topological polar surface area (TPSA) is 54.0 Å². The largest absolute Gasteiger partial charge is 0.380 e. The fraction of sp³-hybridized carbons (Fsp3) is 0.0526. The molecule has 0 aliphatic heterocycles. The van der Waals surface area contributed by atoms with Gasteiger partial charge in [0, 0.05) is 34.8 Å². The molecule has 3 aromatic rings. The number of pyridine rings is 1. The fourth-order valence-corrected chi connectivity index (χ4v) is 2.70. The van der Waals surface area contributed by atoms with Crippen LogP contribution in [-0.2, 0) is 6.54 Å². The molecule has 0 bridgehead atoms. The molecule has 2 N–H and O–H groups in total. The summed E-state index contributed by atoms with van der Waals surface area (Å²) in [4.78, 5) is 16.6. The van der Waals surface area contributed by atoms with Crippen molar-refractivity contribution in [2.75, 3.05) is 10.6 Å². The van der Waals surface area contributed by atoms with Crippen LogP contribution < -0.4 is 10.6 Å². The molecule has 0 spiro atoms. The number of carbonyl (C=O) groups excluding carboxylic acids is 1. The highest BCUT2D eigenvalue weighted by molar-refractivity contribution is 9.10. The summed E-state index contributed by atoms with van der Waals surface area (Å²) in [6, 6.07) is 18.9. The maximum Gasteiger partial charge on any atom is 0.257 e. The van der Waals surface area contributed by atoms with Gasteiger partial charge in [0.05, 0.1) is 5.56 Å². The normalized spacial score (nSPS) is 10.2. The van der Waals surface area contributed by atoms with Crippen LogP contribution in [0.25, 0.3) is 0 Å². The highest BCUT2D eigenvalue weighted by Gasteiger charge is 2.11. The van der Waals surface area contributed by atoms with Crippen molar-refractivity contribution in [1.82, 2.24) is 4.98 Å². The lowest BCUT2D eigenvalue weighted by atomic mass is 10.1. The molecule has 1 heterocycles. The molecule has 4 nitrogen and oxygen atoms in total. The number of para-hydroxylation sites is 1. The van der Waals surface area contributed by atoms with Gasteiger partial charge in [0.15, 0.2) is 0 Å². The van der Waals surface area contributed by atoms with Crippen molar-refractivity contribution in [3.05, 3.63) is 88.7 Å². The number of nitrogens with one attached hydrogen (secondary N) is 2. The molecular weight excluding hydrogens is 366 g/mol. The number of nitrogens with zero attached hydrogens (tertiary/aromatic N) is 1. The third-order valence-corrected chi connectivity index (χ3v) is 3.98. The van der Waals surface area contributed by atoms with Crippen molar-refractivity contribution in [1.29, 1.82) is 0 Å². The lowest BCUT2D eigenvalue weighted by molar-refractivity contribution is 0.102. The van der Waals surface area contributed by atoms with E-state index in [2.05, 4.69) is 31.5 Å². The van der Waals surface area contributed by atoms with Crippen LogP contribution in [0, 0.1) is 0 Å². The van der Waals surface area contributed by atoms with E-state index in [0.29, 0.717) is 12.1 Å². The van der Waals surface area contributed by atoms with Crippen LogP contribution in [0.1, 0.15) is 15.9 Å². The standard InChI is InChI=1S/C19H16BrN3O/c20-15-4-3-5-16(12-15)23-19(24)17-6-1-2-7-18(17)22-13-14-8-10-21-11-9-14/h1-12,22H,13H2,(H,23,24). The Bertz CT molecular complexity index is 837. The van der Waals surface area contributed by atoms with Crippen LogP contribution in [0.5, 0.6) is 0 Å². The molecule has 0 unspecified atom stereocenters. The molecule has 1 aromatic heterocycles. The van der Waals surface area contributed by atoms with Gasteiger partial charge >= 0.3 is 0 Å². The Morgan fingerprint density at radius 1 is 1.00 bits per heavy atom. The maximum atomic E-state index is 12.6. The first-order valence-electron chi connectivity index (χ1n) is 7.51. The highest BCUT2D eigenvalue weighted by atomic mass is 79.9. The van der Waals surface area contributed by atoms with Gasteiger partial charge in [-0.25, -0.2) is 0 Å². The Balaban J connectivity index is 1.74. The van der Waals surface area contributed by atoms with E-state index in [1.807, 2.05) is 60.7 Å². The van der Waals surface area contributed by atoms with E-state index in [1.165, 1.54) is 0 Å². The third-order valence-electron chi connectivity index (χ3n) is 3.49. The zero-order valence-corrected chi connectivity index (χ0v) is 14.5. The SMILES string of the molecule is O=C(Nc1cccc(Br)c1)c1ccccc1NCc1ccncc1. The molecule has 0 fully saturated rings. The zero-order valence-electron chi connectivity index (χ0n) is 12.9. The van der Waals surface area contributed by atoms with E-state index in [9.17, 15) is 4.79 Å². The van der Waals surface area contributed by atoms with Crippen LogP contribution >= 0.6 is 15.9 Å². The summed E-state index contributed by atoms with van der Waals surface area (Å²) in [7, 11) is 0. The van der Waals surface area contributed by atoms with Gasteiger partial charge in [0.1, 0.15) is 0 Å². The van der Waals surface area contributed by atoms with Crippen molar-refractivity contribution in [3.8, 4) is 0 Å². The second-order valence-electron chi connectivity index (χ2n) is 5.22. The number of rotatable bonds is 5. The minimum atomic E-state index is -0.147.